The van der Waals surface area contributed by atoms with E-state index in [1.54, 1.807) is 48.4 Å². The molecule has 1 heterocycles. The number of carbonyl (C=O) groups is 2. The molecule has 1 aliphatic rings. The molecule has 0 spiro atoms. The van der Waals surface area contributed by atoms with E-state index < -0.39 is 11.4 Å². The molecule has 0 aliphatic carbocycles. The standard InChI is InChI=1S/C23H29N3O5/c1-6-11-26-17-12-15(7-9-18(17)31-14-23(2,3)21(26)27)24-22(28)25-16-8-10-19(29-4)20(13-16)30-5/h7-10,12-13H,6,11,14H2,1-5H3,(H2,24,25,28). The number of hydrogen-bond acceptors (Lipinski definition) is 5. The molecule has 2 aromatic rings. The minimum absolute atomic E-state index is 0.0000272. The number of benzene rings is 2. The summed E-state index contributed by atoms with van der Waals surface area (Å²) < 4.78 is 16.4. The van der Waals surface area contributed by atoms with Crippen LogP contribution < -0.4 is 29.7 Å². The molecular formula is C23H29N3O5. The molecule has 2 N–H and O–H groups in total. The van der Waals surface area contributed by atoms with E-state index in [4.69, 9.17) is 14.2 Å². The first-order valence-corrected chi connectivity index (χ1v) is 10.2. The van der Waals surface area contributed by atoms with Crippen LogP contribution >= 0.6 is 0 Å². The molecule has 3 rings (SSSR count). The molecule has 1 aliphatic heterocycles. The van der Waals surface area contributed by atoms with Gasteiger partial charge in [0.25, 0.3) is 0 Å². The van der Waals surface area contributed by atoms with Gasteiger partial charge in [0.2, 0.25) is 5.91 Å². The number of ether oxygens (including phenoxy) is 3. The number of nitrogens with zero attached hydrogens (tertiary/aromatic N) is 1. The molecule has 8 nitrogen and oxygen atoms in total. The Bertz CT molecular complexity index is 974. The lowest BCUT2D eigenvalue weighted by Gasteiger charge is -2.27. The fourth-order valence-corrected chi connectivity index (χ4v) is 3.38. The van der Waals surface area contributed by atoms with E-state index in [1.807, 2.05) is 20.8 Å². The van der Waals surface area contributed by atoms with Crippen LogP contribution in [0.25, 0.3) is 0 Å². The minimum Gasteiger partial charge on any atom is -0.493 e. The van der Waals surface area contributed by atoms with E-state index in [2.05, 4.69) is 10.6 Å². The third-order valence-corrected chi connectivity index (χ3v) is 5.01. The van der Waals surface area contributed by atoms with Gasteiger partial charge in [-0.3, -0.25) is 4.79 Å². The number of fused-ring (bicyclic) bond motifs is 1. The SMILES string of the molecule is CCCN1C(=O)C(C)(C)COc2ccc(NC(=O)Nc3ccc(OC)c(OC)c3)cc21. The number of urea groups is 1. The molecule has 31 heavy (non-hydrogen) atoms. The maximum Gasteiger partial charge on any atom is 0.323 e. The zero-order valence-electron chi connectivity index (χ0n) is 18.6. The van der Waals surface area contributed by atoms with Crippen molar-refractivity contribution in [2.24, 2.45) is 5.41 Å². The third kappa shape index (κ3) is 4.84. The molecule has 8 heteroatoms. The summed E-state index contributed by atoms with van der Waals surface area (Å²) in [7, 11) is 3.08. The summed E-state index contributed by atoms with van der Waals surface area (Å²) in [4.78, 5) is 27.3. The molecule has 2 aromatic carbocycles. The Labute approximate surface area is 182 Å². The second-order valence-electron chi connectivity index (χ2n) is 7.96. The predicted molar refractivity (Wildman–Crippen MR) is 121 cm³/mol. The summed E-state index contributed by atoms with van der Waals surface area (Å²) in [5, 5.41) is 5.58. The second-order valence-corrected chi connectivity index (χ2v) is 7.96. The number of methoxy groups -OCH3 is 2. The molecular weight excluding hydrogens is 398 g/mol. The number of rotatable bonds is 6. The van der Waals surface area contributed by atoms with E-state index in [0.717, 1.165) is 6.42 Å². The number of anilines is 3. The molecule has 0 unspecified atom stereocenters. The van der Waals surface area contributed by atoms with Crippen molar-refractivity contribution in [3.63, 3.8) is 0 Å². The molecule has 0 aromatic heterocycles. The average molecular weight is 428 g/mol. The Balaban J connectivity index is 1.80. The van der Waals surface area contributed by atoms with Crippen LogP contribution in [0.1, 0.15) is 27.2 Å². The van der Waals surface area contributed by atoms with Gasteiger partial charge in [-0.25, -0.2) is 4.79 Å². The minimum atomic E-state index is -0.632. The van der Waals surface area contributed by atoms with Crippen molar-refractivity contribution in [3.05, 3.63) is 36.4 Å². The van der Waals surface area contributed by atoms with Crippen molar-refractivity contribution in [1.29, 1.82) is 0 Å². The van der Waals surface area contributed by atoms with Gasteiger partial charge in [-0.1, -0.05) is 6.92 Å². The molecule has 0 fully saturated rings. The lowest BCUT2D eigenvalue weighted by Crippen LogP contribution is -2.42. The van der Waals surface area contributed by atoms with Crippen LogP contribution in [0.4, 0.5) is 21.9 Å². The van der Waals surface area contributed by atoms with Crippen LogP contribution in [-0.4, -0.2) is 39.3 Å². The first-order chi connectivity index (χ1) is 14.8. The monoisotopic (exact) mass is 427 g/mol. The molecule has 166 valence electrons. The summed E-state index contributed by atoms with van der Waals surface area (Å²) in [5.41, 5.74) is 1.13. The lowest BCUT2D eigenvalue weighted by atomic mass is 9.93. The van der Waals surface area contributed by atoms with Gasteiger partial charge in [0.15, 0.2) is 11.5 Å². The van der Waals surface area contributed by atoms with Gasteiger partial charge in [-0.05, 0) is 50.6 Å². The van der Waals surface area contributed by atoms with E-state index in [9.17, 15) is 9.59 Å². The van der Waals surface area contributed by atoms with Crippen LogP contribution in [0.3, 0.4) is 0 Å². The highest BCUT2D eigenvalue weighted by molar-refractivity contribution is 6.02. The Morgan fingerprint density at radius 1 is 1.06 bits per heavy atom. The summed E-state index contributed by atoms with van der Waals surface area (Å²) >= 11 is 0. The van der Waals surface area contributed by atoms with E-state index in [1.165, 1.54) is 7.11 Å². The molecule has 0 bridgehead atoms. The van der Waals surface area contributed by atoms with Gasteiger partial charge >= 0.3 is 6.03 Å². The Hall–Kier alpha value is -3.42. The average Bonchev–Trinajstić information content (AvgIpc) is 2.84. The van der Waals surface area contributed by atoms with Gasteiger partial charge in [-0.2, -0.15) is 0 Å². The topological polar surface area (TPSA) is 89.1 Å². The molecule has 0 saturated heterocycles. The summed E-state index contributed by atoms with van der Waals surface area (Å²) in [6.45, 7) is 6.63. The number of hydrogen-bond donors (Lipinski definition) is 2. The van der Waals surface area contributed by atoms with E-state index in [-0.39, 0.29) is 5.91 Å². The van der Waals surface area contributed by atoms with E-state index in [0.29, 0.717) is 47.5 Å². The highest BCUT2D eigenvalue weighted by Crippen LogP contribution is 2.38. The van der Waals surface area contributed by atoms with Gasteiger partial charge in [0, 0.05) is 24.0 Å². The maximum atomic E-state index is 13.0. The van der Waals surface area contributed by atoms with Gasteiger partial charge in [-0.15, -0.1) is 0 Å². The Morgan fingerprint density at radius 3 is 2.35 bits per heavy atom. The van der Waals surface area contributed by atoms with Gasteiger partial charge < -0.3 is 29.7 Å². The highest BCUT2D eigenvalue weighted by Gasteiger charge is 2.37. The molecule has 0 saturated carbocycles. The van der Waals surface area contributed by atoms with Crippen molar-refractivity contribution in [1.82, 2.24) is 0 Å². The van der Waals surface area contributed by atoms with Crippen LogP contribution in [0.15, 0.2) is 36.4 Å². The Kier molecular flexibility index (Phi) is 6.58. The van der Waals surface area contributed by atoms with Gasteiger partial charge in [0.05, 0.1) is 25.3 Å². The zero-order chi connectivity index (χ0) is 22.6. The summed E-state index contributed by atoms with van der Waals surface area (Å²) in [6.07, 6.45) is 0.804. The van der Waals surface area contributed by atoms with Crippen molar-refractivity contribution in [2.45, 2.75) is 27.2 Å². The second kappa shape index (κ2) is 9.16. The number of amides is 3. The maximum absolute atomic E-state index is 13.0. The van der Waals surface area contributed by atoms with Crippen LogP contribution in [0.5, 0.6) is 17.2 Å². The molecule has 3 amide bonds. The summed E-state index contributed by atoms with van der Waals surface area (Å²) in [6, 6.07) is 9.97. The molecule has 0 radical (unpaired) electrons. The predicted octanol–water partition coefficient (Wildman–Crippen LogP) is 4.51. The van der Waals surface area contributed by atoms with Crippen LogP contribution in [0.2, 0.25) is 0 Å². The van der Waals surface area contributed by atoms with Crippen molar-refractivity contribution in [2.75, 3.05) is 42.9 Å². The number of carbonyl (C=O) groups excluding carboxylic acids is 2. The zero-order valence-corrected chi connectivity index (χ0v) is 18.6. The number of nitrogens with one attached hydrogen (secondary N) is 2. The van der Waals surface area contributed by atoms with Crippen LogP contribution in [-0.2, 0) is 4.79 Å². The smallest absolute Gasteiger partial charge is 0.323 e. The first kappa shape index (κ1) is 22.3. The first-order valence-electron chi connectivity index (χ1n) is 10.2. The van der Waals surface area contributed by atoms with Crippen LogP contribution in [0, 0.1) is 5.41 Å². The summed E-state index contributed by atoms with van der Waals surface area (Å²) in [5.74, 6) is 1.71. The van der Waals surface area contributed by atoms with E-state index >= 15 is 0 Å². The quantitative estimate of drug-likeness (QED) is 0.708. The van der Waals surface area contributed by atoms with Crippen molar-refractivity contribution < 1.29 is 23.8 Å². The largest absolute Gasteiger partial charge is 0.493 e. The Morgan fingerprint density at radius 2 is 1.71 bits per heavy atom. The highest BCUT2D eigenvalue weighted by atomic mass is 16.5. The lowest BCUT2D eigenvalue weighted by molar-refractivity contribution is -0.127. The molecule has 0 atom stereocenters. The van der Waals surface area contributed by atoms with Gasteiger partial charge in [0.1, 0.15) is 12.4 Å². The fourth-order valence-electron chi connectivity index (χ4n) is 3.38. The van der Waals surface area contributed by atoms with Crippen molar-refractivity contribution >= 4 is 29.0 Å². The third-order valence-electron chi connectivity index (χ3n) is 5.01. The van der Waals surface area contributed by atoms with Crippen molar-refractivity contribution in [3.8, 4) is 17.2 Å². The fraction of sp³-hybridized carbons (Fsp3) is 0.391. The normalized spacial score (nSPS) is 14.7.